The number of rotatable bonds is 7. The van der Waals surface area contributed by atoms with Gasteiger partial charge in [0.2, 0.25) is 0 Å². The minimum Gasteiger partial charge on any atom is -0.493 e. The second-order valence-corrected chi connectivity index (χ2v) is 6.07. The molecule has 1 aromatic carbocycles. The van der Waals surface area contributed by atoms with E-state index in [1.54, 1.807) is 24.3 Å². The second-order valence-electron chi connectivity index (χ2n) is 5.66. The number of hydrogen-bond donors (Lipinski definition) is 2. The first-order valence-corrected chi connectivity index (χ1v) is 8.46. The normalized spacial score (nSPS) is 10.9. The maximum atomic E-state index is 11.7. The summed E-state index contributed by atoms with van der Waals surface area (Å²) in [6, 6.07) is 6.62. The Morgan fingerprint density at radius 2 is 2.11 bits per heavy atom. The summed E-state index contributed by atoms with van der Waals surface area (Å²) in [5.74, 6) is -0.353. The van der Waals surface area contributed by atoms with Crippen LogP contribution in [0.25, 0.3) is 0 Å². The van der Waals surface area contributed by atoms with Crippen molar-refractivity contribution in [2.45, 2.75) is 26.5 Å². The summed E-state index contributed by atoms with van der Waals surface area (Å²) in [5, 5.41) is 6.50. The van der Waals surface area contributed by atoms with Gasteiger partial charge in [-0.3, -0.25) is 9.59 Å². The van der Waals surface area contributed by atoms with Crippen molar-refractivity contribution < 1.29 is 23.5 Å². The summed E-state index contributed by atoms with van der Waals surface area (Å²) in [5.41, 5.74) is 2.70. The van der Waals surface area contributed by atoms with Gasteiger partial charge in [-0.15, -0.1) is 0 Å². The minimum atomic E-state index is -0.907. The number of furan rings is 1. The van der Waals surface area contributed by atoms with Crippen molar-refractivity contribution in [3.63, 3.8) is 0 Å². The molecule has 0 saturated heterocycles. The minimum absolute atomic E-state index is 0.0742. The molecule has 2 amide bonds. The van der Waals surface area contributed by atoms with Crippen molar-refractivity contribution in [1.82, 2.24) is 10.7 Å². The Bertz CT molecular complexity index is 819. The summed E-state index contributed by atoms with van der Waals surface area (Å²) in [7, 11) is 1.49. The van der Waals surface area contributed by atoms with Crippen LogP contribution in [0.4, 0.5) is 0 Å². The zero-order valence-corrected chi connectivity index (χ0v) is 15.9. The fraction of sp³-hybridized carbons (Fsp3) is 0.278. The Balaban J connectivity index is 1.95. The molecule has 1 aromatic heterocycles. The Morgan fingerprint density at radius 1 is 1.33 bits per heavy atom. The number of hydrogen-bond acceptors (Lipinski definition) is 6. The molecule has 0 aliphatic rings. The predicted molar refractivity (Wildman–Crippen MR) is 100 cm³/mol. The van der Waals surface area contributed by atoms with E-state index in [9.17, 15) is 9.59 Å². The van der Waals surface area contributed by atoms with Crippen LogP contribution in [-0.2, 0) is 16.1 Å². The molecule has 0 aliphatic carbocycles. The maximum Gasteiger partial charge on any atom is 0.329 e. The smallest absolute Gasteiger partial charge is 0.329 e. The first-order valence-electron chi connectivity index (χ1n) is 8.08. The lowest BCUT2D eigenvalue weighted by molar-refractivity contribution is -0.139. The van der Waals surface area contributed by atoms with Gasteiger partial charge < -0.3 is 19.2 Å². The zero-order valence-electron chi connectivity index (χ0n) is 15.1. The molecular weight excluding hydrogens is 374 g/mol. The topological polar surface area (TPSA) is 102 Å². The van der Waals surface area contributed by atoms with Gasteiger partial charge in [0.1, 0.15) is 5.76 Å². The van der Waals surface area contributed by atoms with Crippen molar-refractivity contribution in [2.24, 2.45) is 5.10 Å². The lowest BCUT2D eigenvalue weighted by Gasteiger charge is -2.15. The van der Waals surface area contributed by atoms with Gasteiger partial charge in [0.05, 0.1) is 37.3 Å². The van der Waals surface area contributed by atoms with Gasteiger partial charge in [0.25, 0.3) is 0 Å². The third kappa shape index (κ3) is 6.03. The van der Waals surface area contributed by atoms with Crippen molar-refractivity contribution in [2.75, 3.05) is 7.11 Å². The molecule has 0 atom stereocenters. The summed E-state index contributed by atoms with van der Waals surface area (Å²) in [4.78, 5) is 23.4. The van der Waals surface area contributed by atoms with Crippen molar-refractivity contribution in [1.29, 1.82) is 0 Å². The Morgan fingerprint density at radius 3 is 2.74 bits per heavy atom. The predicted octanol–water partition coefficient (Wildman–Crippen LogP) is 2.50. The highest BCUT2D eigenvalue weighted by atomic mass is 35.5. The summed E-state index contributed by atoms with van der Waals surface area (Å²) < 4.78 is 15.9. The summed E-state index contributed by atoms with van der Waals surface area (Å²) in [6.07, 6.45) is 2.74. The first kappa shape index (κ1) is 20.3. The molecule has 144 valence electrons. The van der Waals surface area contributed by atoms with Crippen LogP contribution in [0.1, 0.15) is 25.2 Å². The fourth-order valence-corrected chi connectivity index (χ4v) is 2.31. The van der Waals surface area contributed by atoms with Crippen LogP contribution in [0.15, 0.2) is 40.0 Å². The van der Waals surface area contributed by atoms with E-state index in [0.717, 1.165) is 0 Å². The lowest BCUT2D eigenvalue weighted by atomic mass is 10.2. The summed E-state index contributed by atoms with van der Waals surface area (Å²) in [6.45, 7) is 3.85. The molecule has 27 heavy (non-hydrogen) atoms. The van der Waals surface area contributed by atoms with E-state index in [1.165, 1.54) is 19.6 Å². The number of amides is 2. The molecule has 2 aromatic rings. The van der Waals surface area contributed by atoms with Crippen LogP contribution in [0.2, 0.25) is 5.02 Å². The van der Waals surface area contributed by atoms with Gasteiger partial charge in [-0.25, -0.2) is 5.43 Å². The highest BCUT2D eigenvalue weighted by Crippen LogP contribution is 2.36. The quantitative estimate of drug-likeness (QED) is 0.427. The lowest BCUT2D eigenvalue weighted by Crippen LogP contribution is -2.37. The Labute approximate surface area is 161 Å². The number of carbonyl (C=O) groups excluding carboxylic acids is 2. The summed E-state index contributed by atoms with van der Waals surface area (Å²) >= 11 is 6.21. The van der Waals surface area contributed by atoms with E-state index in [-0.39, 0.29) is 12.6 Å². The maximum absolute atomic E-state index is 11.7. The average molecular weight is 394 g/mol. The van der Waals surface area contributed by atoms with Crippen molar-refractivity contribution in [3.8, 4) is 11.5 Å². The van der Waals surface area contributed by atoms with Gasteiger partial charge in [-0.1, -0.05) is 11.6 Å². The molecule has 2 N–H and O–H groups in total. The van der Waals surface area contributed by atoms with Crippen LogP contribution in [-0.4, -0.2) is 31.2 Å². The number of halogens is 1. The first-order chi connectivity index (χ1) is 12.9. The third-order valence-corrected chi connectivity index (χ3v) is 3.48. The van der Waals surface area contributed by atoms with Crippen LogP contribution in [0.5, 0.6) is 11.5 Å². The van der Waals surface area contributed by atoms with Crippen LogP contribution < -0.4 is 20.2 Å². The van der Waals surface area contributed by atoms with Gasteiger partial charge in [-0.05, 0) is 43.7 Å². The van der Waals surface area contributed by atoms with E-state index in [1.807, 2.05) is 13.8 Å². The molecular formula is C18H20ClN3O5. The largest absolute Gasteiger partial charge is 0.493 e. The second kappa shape index (κ2) is 9.63. The highest BCUT2D eigenvalue weighted by molar-refractivity contribution is 6.35. The molecule has 0 unspecified atom stereocenters. The average Bonchev–Trinajstić information content (AvgIpc) is 3.14. The molecule has 0 fully saturated rings. The third-order valence-electron chi connectivity index (χ3n) is 3.19. The molecule has 0 radical (unpaired) electrons. The van der Waals surface area contributed by atoms with E-state index < -0.39 is 11.8 Å². The van der Waals surface area contributed by atoms with Gasteiger partial charge >= 0.3 is 11.8 Å². The van der Waals surface area contributed by atoms with E-state index in [4.69, 9.17) is 25.5 Å². The van der Waals surface area contributed by atoms with E-state index >= 15 is 0 Å². The monoisotopic (exact) mass is 393 g/mol. The van der Waals surface area contributed by atoms with Crippen molar-refractivity contribution >= 4 is 29.6 Å². The van der Waals surface area contributed by atoms with Crippen molar-refractivity contribution in [3.05, 3.63) is 46.9 Å². The highest BCUT2D eigenvalue weighted by Gasteiger charge is 2.14. The van der Waals surface area contributed by atoms with Gasteiger partial charge in [0, 0.05) is 0 Å². The molecule has 0 saturated carbocycles. The van der Waals surface area contributed by atoms with Crippen LogP contribution in [0.3, 0.4) is 0 Å². The van der Waals surface area contributed by atoms with Crippen LogP contribution in [0, 0.1) is 0 Å². The number of hydrazone groups is 1. The molecule has 9 heteroatoms. The number of carbonyl (C=O) groups is 2. The number of benzene rings is 1. The Kier molecular flexibility index (Phi) is 7.25. The van der Waals surface area contributed by atoms with Crippen LogP contribution >= 0.6 is 11.6 Å². The zero-order chi connectivity index (χ0) is 19.8. The van der Waals surface area contributed by atoms with Gasteiger partial charge in [-0.2, -0.15) is 5.10 Å². The SMILES string of the molecule is COc1cc(/C=N\NC(=O)C(=O)NCc2ccco2)cc(Cl)c1OC(C)C. The van der Waals surface area contributed by atoms with Gasteiger partial charge in [0.15, 0.2) is 11.5 Å². The molecule has 0 spiro atoms. The number of methoxy groups -OCH3 is 1. The standard InChI is InChI=1S/C18H20ClN3O5/c1-11(2)27-16-14(19)7-12(8-15(16)25-3)9-21-22-18(24)17(23)20-10-13-5-4-6-26-13/h4-9,11H,10H2,1-3H3,(H,20,23)(H,22,24)/b21-9-. The number of ether oxygens (including phenoxy) is 2. The van der Waals surface area contributed by atoms with E-state index in [0.29, 0.717) is 27.8 Å². The number of nitrogens with zero attached hydrogens (tertiary/aromatic N) is 1. The number of nitrogens with one attached hydrogen (secondary N) is 2. The molecule has 8 nitrogen and oxygen atoms in total. The fourth-order valence-electron chi connectivity index (χ4n) is 2.04. The Hall–Kier alpha value is -3.00. The molecule has 0 aliphatic heterocycles. The molecule has 0 bridgehead atoms. The molecule has 2 rings (SSSR count). The van der Waals surface area contributed by atoms with E-state index in [2.05, 4.69) is 15.8 Å². The molecule has 1 heterocycles.